The molecule has 0 radical (unpaired) electrons. The minimum Gasteiger partial charge on any atom is -0.455 e. The smallest absolute Gasteiger partial charge is 0.231 e. The van der Waals surface area contributed by atoms with Crippen LogP contribution in [-0.4, -0.2) is 41.9 Å². The molecule has 11 heterocycles. The molecule has 0 saturated heterocycles. The number of fused-ring (bicyclic) bond motifs is 9. The van der Waals surface area contributed by atoms with Gasteiger partial charge in [-0.2, -0.15) is 13.7 Å². The van der Waals surface area contributed by atoms with Gasteiger partial charge in [0.05, 0.1) is 45.3 Å². The number of para-hydroxylation sites is 1. The van der Waals surface area contributed by atoms with Gasteiger partial charge in [0.1, 0.15) is 49.4 Å². The Labute approximate surface area is 623 Å². The van der Waals surface area contributed by atoms with E-state index < -0.39 is 20.6 Å². The Bertz CT molecular complexity index is 6890. The van der Waals surface area contributed by atoms with Gasteiger partial charge in [0.2, 0.25) is 51.5 Å². The lowest BCUT2D eigenvalue weighted by Crippen LogP contribution is -2.35. The maximum Gasteiger partial charge on any atom is 0.231 e. The summed E-state index contributed by atoms with van der Waals surface area (Å²) < 4.78 is 98.9. The Balaban J connectivity index is 0.000000129. The zero-order valence-corrected chi connectivity index (χ0v) is 62.1. The van der Waals surface area contributed by atoms with Crippen LogP contribution in [0.3, 0.4) is 0 Å². The Morgan fingerprint density at radius 2 is 0.788 bits per heavy atom. The summed E-state index contributed by atoms with van der Waals surface area (Å²) in [6.07, 6.45) is 0. The van der Waals surface area contributed by atoms with Crippen LogP contribution in [0.1, 0.15) is 80.3 Å². The van der Waals surface area contributed by atoms with E-state index in [0.717, 1.165) is 124 Å². The van der Waals surface area contributed by atoms with E-state index in [-0.39, 0.29) is 17.1 Å². The standard InChI is InChI=1S/C34H31N4O.C28H27N4S.C28H29N4/c1-20-16-17-27-26-14-10-11-15-30(26)39-33(27)31(20)28-18-25(24-12-8-7-9-13-24)19-29(36(28)5)32-23(4)38-22(3)21(2)35-34(38)37(32)6;1-16-14-15-21-20-10-7-8-13-24(20)33-27(21)25(16)22-11-9-12-23(30(22)5)26-19(4)32-18(3)17(2)29-28(32)31(26)6;1-18-12-10-11-15-24(18)25-16-23(22-13-8-7-9-14-22)17-26(30(25)5)27-21(4)32-20(3)19(2)29-28(32)31(27)6/h7-19H,1-6H3;7-15H,1-6H3;7-17H,1-6H3/q3*+1/i3*2D3. The maximum atomic E-state index is 7.99. The van der Waals surface area contributed by atoms with Crippen LogP contribution in [0.15, 0.2) is 205 Å². The zero-order chi connectivity index (χ0) is 80.1. The number of hydrogen-bond acceptors (Lipinski definition) is 5. The molecule has 0 atom stereocenters. The second-order valence-electron chi connectivity index (χ2n) is 27.5. The number of imidazole rings is 6. The van der Waals surface area contributed by atoms with Gasteiger partial charge in [0.15, 0.2) is 0 Å². The van der Waals surface area contributed by atoms with Crippen LogP contribution in [0.4, 0.5) is 0 Å². The lowest BCUT2D eigenvalue weighted by molar-refractivity contribution is -0.649. The highest BCUT2D eigenvalue weighted by atomic mass is 32.1. The maximum absolute atomic E-state index is 7.99. The first-order valence-electron chi connectivity index (χ1n) is 39.5. The van der Waals surface area contributed by atoms with Gasteiger partial charge in [0.25, 0.3) is 0 Å². The molecule has 0 N–H and O–H groups in total. The normalized spacial score (nSPS) is 13.4. The first kappa shape index (κ1) is 56.8. The van der Waals surface area contributed by atoms with Crippen molar-refractivity contribution >= 4 is 70.8 Å². The predicted molar refractivity (Wildman–Crippen MR) is 427 cm³/mol. The Hall–Kier alpha value is -11.7. The molecule has 0 unspecified atom stereocenters. The Morgan fingerprint density at radius 3 is 1.33 bits per heavy atom. The monoisotopic (exact) mass is 1390 g/mol. The average Bonchev–Trinajstić information content (AvgIpc) is 1.61. The van der Waals surface area contributed by atoms with Gasteiger partial charge in [-0.05, 0) is 146 Å². The molecule has 104 heavy (non-hydrogen) atoms. The van der Waals surface area contributed by atoms with Crippen LogP contribution in [0.25, 0.3) is 150 Å². The van der Waals surface area contributed by atoms with E-state index in [9.17, 15) is 0 Å². The van der Waals surface area contributed by atoms with E-state index in [0.29, 0.717) is 34.4 Å². The zero-order valence-electron chi connectivity index (χ0n) is 70.2. The summed E-state index contributed by atoms with van der Waals surface area (Å²) in [5.74, 6) is 1.87. The summed E-state index contributed by atoms with van der Waals surface area (Å²) in [4.78, 5) is 13.7. The van der Waals surface area contributed by atoms with Crippen molar-refractivity contribution in [1.82, 2.24) is 41.9 Å². The second-order valence-corrected chi connectivity index (χ2v) is 28.6. The molecule has 0 saturated carbocycles. The Morgan fingerprint density at radius 1 is 0.356 bits per heavy atom. The highest BCUT2D eigenvalue weighted by molar-refractivity contribution is 7.26. The number of hydrogen-bond donors (Lipinski definition) is 0. The van der Waals surface area contributed by atoms with Gasteiger partial charge in [0, 0.05) is 123 Å². The van der Waals surface area contributed by atoms with Gasteiger partial charge in [-0.1, -0.05) is 140 Å². The van der Waals surface area contributed by atoms with Crippen molar-refractivity contribution in [2.45, 2.75) is 82.9 Å². The third-order valence-corrected chi connectivity index (χ3v) is 22.6. The van der Waals surface area contributed by atoms with Crippen molar-refractivity contribution in [3.05, 3.63) is 268 Å². The summed E-state index contributed by atoms with van der Waals surface area (Å²) in [6.45, 7) is 11.2. The Kier molecular flexibility index (Phi) is 14.0. The molecule has 516 valence electrons. The number of benzene rings is 7. The molecule has 7 aromatic carbocycles. The molecule has 13 nitrogen and oxygen atoms in total. The van der Waals surface area contributed by atoms with Crippen molar-refractivity contribution in [3.8, 4) is 90.2 Å². The molecule has 0 bridgehead atoms. The molecule has 0 amide bonds. The van der Waals surface area contributed by atoms with Gasteiger partial charge in [-0.25, -0.2) is 15.0 Å². The fourth-order valence-corrected chi connectivity index (χ4v) is 17.3. The van der Waals surface area contributed by atoms with Crippen LogP contribution in [0.5, 0.6) is 0 Å². The molecule has 0 spiro atoms. The lowest BCUT2D eigenvalue weighted by Gasteiger charge is -2.13. The van der Waals surface area contributed by atoms with Crippen LogP contribution >= 0.6 is 11.3 Å². The third-order valence-electron chi connectivity index (χ3n) is 21.4. The van der Waals surface area contributed by atoms with E-state index in [1.165, 1.54) is 42.4 Å². The molecule has 11 aromatic heterocycles. The van der Waals surface area contributed by atoms with Crippen molar-refractivity contribution in [2.24, 2.45) is 42.3 Å². The van der Waals surface area contributed by atoms with E-state index in [1.807, 2.05) is 131 Å². The highest BCUT2D eigenvalue weighted by Gasteiger charge is 2.33. The number of furan rings is 1. The predicted octanol–water partition coefficient (Wildman–Crippen LogP) is 19.8. The molecular formula is C90H87N12OS+3. The molecule has 0 fully saturated rings. The van der Waals surface area contributed by atoms with E-state index >= 15 is 0 Å². The molecule has 0 aliphatic carbocycles. The third kappa shape index (κ3) is 10.5. The summed E-state index contributed by atoms with van der Waals surface area (Å²) in [7, 11) is 12.1. The van der Waals surface area contributed by atoms with E-state index in [4.69, 9.17) is 16.8 Å². The molecule has 0 aliphatic heterocycles. The quantitative estimate of drug-likeness (QED) is 0.142. The highest BCUT2D eigenvalue weighted by Crippen LogP contribution is 2.43. The fraction of sp³-hybridized carbons (Fsp3) is 0.200. The van der Waals surface area contributed by atoms with E-state index in [2.05, 4.69) is 240 Å². The van der Waals surface area contributed by atoms with Crippen LogP contribution in [0.2, 0.25) is 0 Å². The summed E-state index contributed by atoms with van der Waals surface area (Å²) in [5, 5.41) is 4.75. The topological polar surface area (TPSA) is 91.5 Å². The number of aryl methyl sites for hydroxylation is 15. The van der Waals surface area contributed by atoms with Gasteiger partial charge in [-0.3, -0.25) is 13.2 Å². The van der Waals surface area contributed by atoms with Gasteiger partial charge in [-0.15, -0.1) is 11.3 Å². The SMILES string of the molecule is [2H]C([2H])([2H])c1nc2n(C)c(-c3cc(-c4ccccc4)cc(-c4c(C)ccc5c4oc4ccccc45)[n+]3C)c(C)n2c1C.[2H]C([2H])([2H])c1nc2n(C)c(-c3cc(-c4ccccc4)cc(-c4ccccc4C)[n+]3C)c(C)n2c1C.[2H]C([2H])([2H])c1nc2n(C)c(-c3cccc(-c4c(C)ccc5c4sc4ccccc45)[n+]3C)c(C)n2c1C. The fourth-order valence-electron chi connectivity index (χ4n) is 16.0. The molecule has 0 aliphatic rings. The van der Waals surface area contributed by atoms with E-state index in [1.54, 1.807) is 0 Å². The largest absolute Gasteiger partial charge is 0.455 e. The summed E-state index contributed by atoms with van der Waals surface area (Å²) in [6, 6.07) is 69.9. The summed E-state index contributed by atoms with van der Waals surface area (Å²) in [5.41, 5.74) is 27.8. The van der Waals surface area contributed by atoms with Gasteiger partial charge < -0.3 is 18.1 Å². The van der Waals surface area contributed by atoms with Crippen molar-refractivity contribution in [3.63, 3.8) is 0 Å². The lowest BCUT2D eigenvalue weighted by atomic mass is 9.96. The number of aromatic nitrogens is 12. The second kappa shape index (κ2) is 25.6. The van der Waals surface area contributed by atoms with Crippen LogP contribution in [-0.2, 0) is 42.3 Å². The van der Waals surface area contributed by atoms with Crippen molar-refractivity contribution in [2.75, 3.05) is 0 Å². The molecular weight excluding hydrogens is 1300 g/mol. The van der Waals surface area contributed by atoms with Crippen molar-refractivity contribution < 1.29 is 30.5 Å². The number of nitrogens with zero attached hydrogens (tertiary/aromatic N) is 12. The number of thiophene rings is 1. The average molecular weight is 1390 g/mol. The summed E-state index contributed by atoms with van der Waals surface area (Å²) >= 11 is 1.84. The molecule has 18 aromatic rings. The minimum atomic E-state index is -2.28. The number of rotatable bonds is 8. The minimum absolute atomic E-state index is 0.137. The van der Waals surface area contributed by atoms with Gasteiger partial charge >= 0.3 is 0 Å². The van der Waals surface area contributed by atoms with Crippen LogP contribution in [0, 0.1) is 82.9 Å². The molecule has 18 rings (SSSR count). The molecule has 14 heteroatoms. The van der Waals surface area contributed by atoms with Crippen molar-refractivity contribution in [1.29, 1.82) is 0 Å². The first-order valence-corrected chi connectivity index (χ1v) is 35.8. The number of pyridine rings is 3. The first-order chi connectivity index (χ1) is 53.7. The van der Waals surface area contributed by atoms with Crippen LogP contribution < -0.4 is 13.7 Å².